The molecule has 0 saturated carbocycles. The molecule has 1 fully saturated rings. The molecule has 136 valence electrons. The molecule has 1 atom stereocenters. The van der Waals surface area contributed by atoms with Crippen molar-refractivity contribution in [3.63, 3.8) is 0 Å². The molecule has 1 saturated heterocycles. The molecule has 0 N–H and O–H groups in total. The van der Waals surface area contributed by atoms with E-state index in [0.29, 0.717) is 11.7 Å². The molecule has 1 aromatic carbocycles. The number of hydrogen-bond acceptors (Lipinski definition) is 5. The van der Waals surface area contributed by atoms with Gasteiger partial charge < -0.3 is 9.32 Å². The number of rotatable bonds is 5. The average molecular weight is 343 g/mol. The second-order valence-corrected chi connectivity index (χ2v) is 6.88. The number of fused-ring (bicyclic) bond motifs is 1. The molecule has 1 aliphatic rings. The van der Waals surface area contributed by atoms with Gasteiger partial charge in [0.2, 0.25) is 0 Å². The minimum Gasteiger partial charge on any atom is -0.423 e. The van der Waals surface area contributed by atoms with E-state index in [-0.39, 0.29) is 5.63 Å². The summed E-state index contributed by atoms with van der Waals surface area (Å²) >= 11 is 0. The zero-order valence-corrected chi connectivity index (χ0v) is 15.8. The van der Waals surface area contributed by atoms with Gasteiger partial charge in [-0.15, -0.1) is 0 Å². The van der Waals surface area contributed by atoms with Crippen LogP contribution < -0.4 is 10.5 Å². The third-order valence-electron chi connectivity index (χ3n) is 5.44. The molecule has 2 aromatic rings. The van der Waals surface area contributed by atoms with Gasteiger partial charge in [-0.2, -0.15) is 0 Å². The van der Waals surface area contributed by atoms with Gasteiger partial charge in [-0.3, -0.25) is 9.80 Å². The Kier molecular flexibility index (Phi) is 5.45. The van der Waals surface area contributed by atoms with Gasteiger partial charge in [0.15, 0.2) is 0 Å². The molecule has 25 heavy (non-hydrogen) atoms. The molecular formula is C20H29N3O2. The van der Waals surface area contributed by atoms with Gasteiger partial charge in [0, 0.05) is 55.9 Å². The first-order valence-electron chi connectivity index (χ1n) is 9.29. The lowest BCUT2D eigenvalue weighted by Crippen LogP contribution is -2.49. The zero-order valence-electron chi connectivity index (χ0n) is 15.8. The van der Waals surface area contributed by atoms with E-state index in [1.54, 1.807) is 6.07 Å². The summed E-state index contributed by atoms with van der Waals surface area (Å²) in [6.45, 7) is 11.3. The summed E-state index contributed by atoms with van der Waals surface area (Å²) in [5, 5.41) is 1.04. The lowest BCUT2D eigenvalue weighted by molar-refractivity contribution is 0.0289. The number of nitrogens with zero attached hydrogens (tertiary/aromatic N) is 3. The van der Waals surface area contributed by atoms with Crippen LogP contribution in [0.3, 0.4) is 0 Å². The lowest BCUT2D eigenvalue weighted by Gasteiger charge is -2.40. The quantitative estimate of drug-likeness (QED) is 0.780. The van der Waals surface area contributed by atoms with Crippen molar-refractivity contribution in [1.82, 2.24) is 9.80 Å². The highest BCUT2D eigenvalue weighted by molar-refractivity contribution is 5.83. The van der Waals surface area contributed by atoms with Gasteiger partial charge in [-0.05, 0) is 51.9 Å². The van der Waals surface area contributed by atoms with E-state index in [2.05, 4.69) is 54.7 Å². The van der Waals surface area contributed by atoms with Crippen LogP contribution >= 0.6 is 0 Å². The van der Waals surface area contributed by atoms with Crippen LogP contribution in [0.5, 0.6) is 0 Å². The molecule has 0 aliphatic carbocycles. The van der Waals surface area contributed by atoms with Gasteiger partial charge in [-0.1, -0.05) is 0 Å². The minimum atomic E-state index is -0.266. The van der Waals surface area contributed by atoms with Crippen LogP contribution in [0.1, 0.15) is 32.8 Å². The number of benzene rings is 1. The Morgan fingerprint density at radius 1 is 1.20 bits per heavy atom. The first-order valence-corrected chi connectivity index (χ1v) is 9.29. The van der Waals surface area contributed by atoms with Crippen LogP contribution in [0.25, 0.3) is 11.0 Å². The zero-order chi connectivity index (χ0) is 18.0. The van der Waals surface area contributed by atoms with E-state index in [9.17, 15) is 4.79 Å². The predicted molar refractivity (Wildman–Crippen MR) is 103 cm³/mol. The Bertz CT molecular complexity index is 782. The summed E-state index contributed by atoms with van der Waals surface area (Å²) in [5.41, 5.74) is 2.57. The van der Waals surface area contributed by atoms with E-state index in [0.717, 1.165) is 55.8 Å². The van der Waals surface area contributed by atoms with Crippen molar-refractivity contribution < 1.29 is 4.42 Å². The largest absolute Gasteiger partial charge is 0.423 e. The van der Waals surface area contributed by atoms with E-state index < -0.39 is 0 Å². The normalized spacial score (nSPS) is 19.4. The van der Waals surface area contributed by atoms with Crippen molar-refractivity contribution in [3.05, 3.63) is 40.2 Å². The predicted octanol–water partition coefficient (Wildman–Crippen LogP) is 3.12. The third-order valence-corrected chi connectivity index (χ3v) is 5.44. The van der Waals surface area contributed by atoms with Crippen molar-refractivity contribution in [1.29, 1.82) is 0 Å². The second-order valence-electron chi connectivity index (χ2n) is 6.88. The molecule has 0 radical (unpaired) electrons. The Balaban J connectivity index is 1.96. The van der Waals surface area contributed by atoms with E-state index in [4.69, 9.17) is 4.42 Å². The van der Waals surface area contributed by atoms with Gasteiger partial charge in [0.05, 0.1) is 6.17 Å². The summed E-state index contributed by atoms with van der Waals surface area (Å²) in [7, 11) is 2.16. The summed E-state index contributed by atoms with van der Waals surface area (Å²) in [6.07, 6.45) is 1.54. The van der Waals surface area contributed by atoms with Crippen molar-refractivity contribution >= 4 is 16.7 Å². The first kappa shape index (κ1) is 18.0. The number of anilines is 1. The fourth-order valence-electron chi connectivity index (χ4n) is 3.74. The fourth-order valence-corrected chi connectivity index (χ4v) is 3.74. The van der Waals surface area contributed by atoms with Crippen molar-refractivity contribution in [2.75, 3.05) is 38.1 Å². The molecule has 0 bridgehead atoms. The highest BCUT2D eigenvalue weighted by Gasteiger charge is 2.23. The first-order chi connectivity index (χ1) is 12.0. The maximum Gasteiger partial charge on any atom is 0.336 e. The van der Waals surface area contributed by atoms with Crippen LogP contribution in [-0.2, 0) is 6.54 Å². The Labute approximate surface area is 149 Å². The van der Waals surface area contributed by atoms with Crippen LogP contribution in [0.4, 0.5) is 5.69 Å². The molecular weight excluding hydrogens is 314 g/mol. The molecule has 0 amide bonds. The van der Waals surface area contributed by atoms with E-state index in [1.807, 2.05) is 6.07 Å². The van der Waals surface area contributed by atoms with E-state index in [1.165, 1.54) is 0 Å². The summed E-state index contributed by atoms with van der Waals surface area (Å²) in [4.78, 5) is 19.1. The summed E-state index contributed by atoms with van der Waals surface area (Å²) in [5.74, 6) is 0. The Morgan fingerprint density at radius 3 is 2.68 bits per heavy atom. The average Bonchev–Trinajstić information content (AvgIpc) is 2.59. The van der Waals surface area contributed by atoms with Crippen LogP contribution in [0.15, 0.2) is 33.5 Å². The van der Waals surface area contributed by atoms with Gasteiger partial charge in [0.1, 0.15) is 5.58 Å². The molecule has 1 aliphatic heterocycles. The Morgan fingerprint density at radius 2 is 1.96 bits per heavy atom. The molecule has 2 heterocycles. The van der Waals surface area contributed by atoms with Crippen LogP contribution in [0.2, 0.25) is 0 Å². The Hall–Kier alpha value is -1.85. The van der Waals surface area contributed by atoms with Crippen LogP contribution in [-0.4, -0.2) is 49.2 Å². The molecule has 3 rings (SSSR count). The SMILES string of the molecule is CCN(CC)c1ccc2c(CN3CCCN(C)C3C)cc(=O)oc2c1. The second kappa shape index (κ2) is 7.58. The summed E-state index contributed by atoms with van der Waals surface area (Å²) < 4.78 is 5.51. The smallest absolute Gasteiger partial charge is 0.336 e. The molecule has 1 aromatic heterocycles. The molecule has 5 heteroatoms. The highest BCUT2D eigenvalue weighted by Crippen LogP contribution is 2.26. The van der Waals surface area contributed by atoms with Crippen molar-refractivity contribution in [2.45, 2.75) is 39.9 Å². The molecule has 0 spiro atoms. The minimum absolute atomic E-state index is 0.266. The topological polar surface area (TPSA) is 39.9 Å². The van der Waals surface area contributed by atoms with Crippen molar-refractivity contribution in [2.24, 2.45) is 0 Å². The van der Waals surface area contributed by atoms with Gasteiger partial charge in [0.25, 0.3) is 0 Å². The van der Waals surface area contributed by atoms with Crippen LogP contribution in [0, 0.1) is 0 Å². The highest BCUT2D eigenvalue weighted by atomic mass is 16.4. The molecule has 1 unspecified atom stereocenters. The summed E-state index contributed by atoms with van der Waals surface area (Å²) in [6, 6.07) is 7.88. The lowest BCUT2D eigenvalue weighted by atomic mass is 10.1. The molecule has 5 nitrogen and oxygen atoms in total. The van der Waals surface area contributed by atoms with Crippen molar-refractivity contribution in [3.8, 4) is 0 Å². The monoisotopic (exact) mass is 343 g/mol. The third kappa shape index (κ3) is 3.72. The van der Waals surface area contributed by atoms with E-state index >= 15 is 0 Å². The fraction of sp³-hybridized carbons (Fsp3) is 0.550. The maximum atomic E-state index is 12.1. The number of hydrogen-bond donors (Lipinski definition) is 0. The van der Waals surface area contributed by atoms with Gasteiger partial charge in [-0.25, -0.2) is 4.79 Å². The standard InChI is InChI=1S/C20H29N3O2/c1-5-22(6-2)17-8-9-18-16(12-20(24)25-19(18)13-17)14-23-11-7-10-21(4)15(23)3/h8-9,12-13,15H,5-7,10-11,14H2,1-4H3. The maximum absolute atomic E-state index is 12.1. The van der Waals surface area contributed by atoms with Gasteiger partial charge >= 0.3 is 5.63 Å².